The highest BCUT2D eigenvalue weighted by molar-refractivity contribution is 7.92. The zero-order chi connectivity index (χ0) is 19.3. The van der Waals surface area contributed by atoms with Gasteiger partial charge in [-0.25, -0.2) is 13.2 Å². The van der Waals surface area contributed by atoms with Gasteiger partial charge in [-0.15, -0.1) is 0 Å². The number of carboxylic acid groups (broad SMARTS) is 1. The van der Waals surface area contributed by atoms with E-state index in [0.29, 0.717) is 0 Å². The van der Waals surface area contributed by atoms with E-state index in [1.165, 1.54) is 30.3 Å². The quantitative estimate of drug-likeness (QED) is 0.726. The number of anilines is 1. The Labute approximate surface area is 150 Å². The van der Waals surface area contributed by atoms with Gasteiger partial charge in [0.05, 0.1) is 29.4 Å². The Kier molecular flexibility index (Phi) is 6.04. The van der Waals surface area contributed by atoms with Crippen molar-refractivity contribution in [1.82, 2.24) is 0 Å². The minimum atomic E-state index is -4.09. The summed E-state index contributed by atoms with van der Waals surface area (Å²) in [5, 5.41) is 9.00. The van der Waals surface area contributed by atoms with E-state index in [1.54, 1.807) is 13.8 Å². The van der Waals surface area contributed by atoms with Gasteiger partial charge in [-0.1, -0.05) is 6.07 Å². The summed E-state index contributed by atoms with van der Waals surface area (Å²) in [6, 6.07) is 7.27. The van der Waals surface area contributed by atoms with Gasteiger partial charge in [0.1, 0.15) is 0 Å². The molecular weight excluding hydrogens is 365 g/mol. The molecule has 0 amide bonds. The van der Waals surface area contributed by atoms with Gasteiger partial charge < -0.3 is 14.6 Å². The van der Waals surface area contributed by atoms with E-state index >= 15 is 0 Å². The molecule has 140 valence electrons. The first kappa shape index (κ1) is 19.5. The number of carbonyl (C=O) groups is 1. The summed E-state index contributed by atoms with van der Waals surface area (Å²) in [5.74, 6) is -2.29. The van der Waals surface area contributed by atoms with Crippen LogP contribution >= 0.6 is 0 Å². The first-order valence-corrected chi connectivity index (χ1v) is 9.22. The second kappa shape index (κ2) is 8.05. The molecule has 26 heavy (non-hydrogen) atoms. The maximum absolute atomic E-state index is 14.2. The van der Waals surface area contributed by atoms with Crippen LogP contribution in [-0.4, -0.2) is 32.7 Å². The molecule has 0 aliphatic heterocycles. The van der Waals surface area contributed by atoms with E-state index in [1.807, 2.05) is 0 Å². The number of hydrogen-bond acceptors (Lipinski definition) is 5. The molecule has 0 saturated carbocycles. The fourth-order valence-corrected chi connectivity index (χ4v) is 3.25. The van der Waals surface area contributed by atoms with E-state index in [0.717, 1.165) is 6.07 Å². The minimum Gasteiger partial charge on any atom is -0.491 e. The van der Waals surface area contributed by atoms with Crippen molar-refractivity contribution in [1.29, 1.82) is 0 Å². The Morgan fingerprint density at radius 3 is 2.19 bits per heavy atom. The predicted octanol–water partition coefficient (Wildman–Crippen LogP) is 3.12. The van der Waals surface area contributed by atoms with Gasteiger partial charge in [-0.05, 0) is 32.0 Å². The largest absolute Gasteiger partial charge is 0.491 e. The number of sulfonamides is 1. The smallest absolute Gasteiger partial charge is 0.335 e. The Morgan fingerprint density at radius 2 is 1.69 bits per heavy atom. The van der Waals surface area contributed by atoms with Gasteiger partial charge >= 0.3 is 5.97 Å². The maximum atomic E-state index is 14.2. The van der Waals surface area contributed by atoms with Gasteiger partial charge in [-0.2, -0.15) is 4.39 Å². The first-order valence-electron chi connectivity index (χ1n) is 7.73. The van der Waals surface area contributed by atoms with Crippen molar-refractivity contribution in [3.8, 4) is 11.5 Å². The second-order valence-electron chi connectivity index (χ2n) is 5.09. The number of ether oxygens (including phenoxy) is 2. The number of rotatable bonds is 8. The summed E-state index contributed by atoms with van der Waals surface area (Å²) in [7, 11) is -4.09. The Hall–Kier alpha value is -2.81. The van der Waals surface area contributed by atoms with Crippen LogP contribution in [0.2, 0.25) is 0 Å². The molecule has 2 aromatic carbocycles. The average molecular weight is 383 g/mol. The standard InChI is InChI=1S/C17H18FNO6S/c1-3-24-14-9-12(10-15(16(14)18)25-4-2)19-26(22,23)13-7-5-6-11(8-13)17(20)21/h5-10,19H,3-4H2,1-2H3,(H,20,21). The molecule has 0 aliphatic rings. The Bertz CT molecular complexity index is 886. The van der Waals surface area contributed by atoms with Gasteiger partial charge in [0.15, 0.2) is 11.5 Å². The molecule has 0 radical (unpaired) electrons. The second-order valence-corrected chi connectivity index (χ2v) is 6.77. The third-order valence-corrected chi connectivity index (χ3v) is 4.63. The number of aromatic carboxylic acids is 1. The zero-order valence-corrected chi connectivity index (χ0v) is 15.0. The number of carboxylic acids is 1. The molecule has 0 unspecified atom stereocenters. The van der Waals surface area contributed by atoms with Crippen LogP contribution in [0.5, 0.6) is 11.5 Å². The highest BCUT2D eigenvalue weighted by Crippen LogP contribution is 2.32. The van der Waals surface area contributed by atoms with Crippen LogP contribution in [0.15, 0.2) is 41.3 Å². The highest BCUT2D eigenvalue weighted by Gasteiger charge is 2.19. The normalized spacial score (nSPS) is 11.0. The summed E-state index contributed by atoms with van der Waals surface area (Å²) in [6.45, 7) is 3.68. The Balaban J connectivity index is 2.42. The summed E-state index contributed by atoms with van der Waals surface area (Å²) in [5.41, 5.74) is -0.143. The molecule has 0 aliphatic carbocycles. The zero-order valence-electron chi connectivity index (χ0n) is 14.2. The van der Waals surface area contributed by atoms with Crippen molar-refractivity contribution in [2.75, 3.05) is 17.9 Å². The molecule has 0 fully saturated rings. The van der Waals surface area contributed by atoms with Crippen molar-refractivity contribution in [3.05, 3.63) is 47.8 Å². The summed E-state index contributed by atoms with van der Waals surface area (Å²) < 4.78 is 51.9. The number of hydrogen-bond donors (Lipinski definition) is 2. The van der Waals surface area contributed by atoms with Crippen molar-refractivity contribution in [2.45, 2.75) is 18.7 Å². The van der Waals surface area contributed by atoms with E-state index in [-0.39, 0.29) is 40.9 Å². The van der Waals surface area contributed by atoms with Gasteiger partial charge in [0.25, 0.3) is 10.0 Å². The summed E-state index contributed by atoms with van der Waals surface area (Å²) >= 11 is 0. The van der Waals surface area contributed by atoms with E-state index < -0.39 is 21.8 Å². The maximum Gasteiger partial charge on any atom is 0.335 e. The number of benzene rings is 2. The molecule has 2 rings (SSSR count). The number of halogens is 1. The fraction of sp³-hybridized carbons (Fsp3) is 0.235. The van der Waals surface area contributed by atoms with Crippen LogP contribution in [0.25, 0.3) is 0 Å². The lowest BCUT2D eigenvalue weighted by atomic mass is 10.2. The van der Waals surface area contributed by atoms with Gasteiger partial charge in [0.2, 0.25) is 5.82 Å². The van der Waals surface area contributed by atoms with Crippen LogP contribution in [0.4, 0.5) is 10.1 Å². The number of nitrogens with one attached hydrogen (secondary N) is 1. The molecule has 9 heteroatoms. The lowest BCUT2D eigenvalue weighted by Crippen LogP contribution is -2.14. The molecule has 2 aromatic rings. The van der Waals surface area contributed by atoms with E-state index in [2.05, 4.69) is 4.72 Å². The molecule has 0 bridgehead atoms. The lowest BCUT2D eigenvalue weighted by molar-refractivity contribution is 0.0696. The van der Waals surface area contributed by atoms with Crippen molar-refractivity contribution in [3.63, 3.8) is 0 Å². The van der Waals surface area contributed by atoms with Crippen molar-refractivity contribution < 1.29 is 32.2 Å². The lowest BCUT2D eigenvalue weighted by Gasteiger charge is -2.14. The van der Waals surface area contributed by atoms with Crippen LogP contribution in [0, 0.1) is 5.82 Å². The van der Waals surface area contributed by atoms with Crippen LogP contribution < -0.4 is 14.2 Å². The van der Waals surface area contributed by atoms with E-state index in [4.69, 9.17) is 14.6 Å². The van der Waals surface area contributed by atoms with Gasteiger partial charge in [0, 0.05) is 12.1 Å². The third-order valence-electron chi connectivity index (χ3n) is 3.25. The third kappa shape index (κ3) is 4.42. The molecule has 2 N–H and O–H groups in total. The van der Waals surface area contributed by atoms with E-state index in [9.17, 15) is 17.6 Å². The van der Waals surface area contributed by atoms with Crippen LogP contribution in [0.1, 0.15) is 24.2 Å². The SMILES string of the molecule is CCOc1cc(NS(=O)(=O)c2cccc(C(=O)O)c2)cc(OCC)c1F. The molecular formula is C17H18FNO6S. The fourth-order valence-electron chi connectivity index (χ4n) is 2.16. The topological polar surface area (TPSA) is 102 Å². The molecule has 0 atom stereocenters. The predicted molar refractivity (Wildman–Crippen MR) is 92.9 cm³/mol. The van der Waals surface area contributed by atoms with Crippen LogP contribution in [0.3, 0.4) is 0 Å². The molecule has 0 saturated heterocycles. The Morgan fingerprint density at radius 1 is 1.12 bits per heavy atom. The minimum absolute atomic E-state index is 0.0269. The monoisotopic (exact) mass is 383 g/mol. The highest BCUT2D eigenvalue weighted by atomic mass is 32.2. The molecule has 7 nitrogen and oxygen atoms in total. The molecule has 0 spiro atoms. The first-order chi connectivity index (χ1) is 12.3. The van der Waals surface area contributed by atoms with Crippen molar-refractivity contribution in [2.24, 2.45) is 0 Å². The summed E-state index contributed by atoms with van der Waals surface area (Å²) in [6.07, 6.45) is 0. The van der Waals surface area contributed by atoms with Crippen molar-refractivity contribution >= 4 is 21.7 Å². The summed E-state index contributed by atoms with van der Waals surface area (Å²) in [4.78, 5) is 10.8. The van der Waals surface area contributed by atoms with Gasteiger partial charge in [-0.3, -0.25) is 4.72 Å². The average Bonchev–Trinajstić information content (AvgIpc) is 2.59. The molecule has 0 aromatic heterocycles. The molecule has 0 heterocycles. The van der Waals surface area contributed by atoms with Crippen LogP contribution in [-0.2, 0) is 10.0 Å².